The minimum atomic E-state index is 0.0506. The van der Waals surface area contributed by atoms with Gasteiger partial charge < -0.3 is 14.5 Å². The fourth-order valence-electron chi connectivity index (χ4n) is 4.46. The molecular weight excluding hydrogens is 330 g/mol. The summed E-state index contributed by atoms with van der Waals surface area (Å²) in [7, 11) is 0. The van der Waals surface area contributed by atoms with Crippen molar-refractivity contribution < 1.29 is 9.53 Å². The molecule has 7 nitrogen and oxygen atoms in total. The van der Waals surface area contributed by atoms with Crippen LogP contribution < -0.4 is 0 Å². The topological polar surface area (TPSA) is 53.8 Å². The van der Waals surface area contributed by atoms with E-state index in [4.69, 9.17) is 4.74 Å². The van der Waals surface area contributed by atoms with Crippen LogP contribution in [0.3, 0.4) is 0 Å². The van der Waals surface area contributed by atoms with E-state index in [-0.39, 0.29) is 5.91 Å². The molecule has 0 spiro atoms. The van der Waals surface area contributed by atoms with E-state index >= 15 is 0 Å². The fraction of sp³-hybridized carbons (Fsp3) is 0.789. The van der Waals surface area contributed by atoms with Crippen molar-refractivity contribution in [2.24, 2.45) is 0 Å². The molecule has 7 heteroatoms. The summed E-state index contributed by atoms with van der Waals surface area (Å²) in [6.07, 6.45) is 3.76. The molecule has 3 aliphatic heterocycles. The number of amides is 1. The maximum atomic E-state index is 12.7. The Balaban J connectivity index is 1.37. The van der Waals surface area contributed by atoms with Crippen molar-refractivity contribution in [3.8, 4) is 0 Å². The molecule has 0 aliphatic carbocycles. The van der Waals surface area contributed by atoms with Crippen molar-refractivity contribution >= 4 is 5.91 Å². The van der Waals surface area contributed by atoms with Crippen LogP contribution in [0.5, 0.6) is 0 Å². The van der Waals surface area contributed by atoms with Gasteiger partial charge in [-0.2, -0.15) is 5.10 Å². The van der Waals surface area contributed by atoms with Crippen molar-refractivity contribution in [3.05, 3.63) is 17.5 Å². The van der Waals surface area contributed by atoms with Crippen molar-refractivity contribution in [1.82, 2.24) is 24.5 Å². The molecule has 2 fully saturated rings. The number of piperidine rings is 1. The second-order valence-corrected chi connectivity index (χ2v) is 7.69. The summed E-state index contributed by atoms with van der Waals surface area (Å²) in [5.74, 6) is 0.0506. The second-order valence-electron chi connectivity index (χ2n) is 7.69. The summed E-state index contributed by atoms with van der Waals surface area (Å²) in [6.45, 7) is 11.4. The van der Waals surface area contributed by atoms with Crippen LogP contribution in [0.15, 0.2) is 6.07 Å². The molecule has 4 heterocycles. The highest BCUT2D eigenvalue weighted by Gasteiger charge is 2.29. The Morgan fingerprint density at radius 1 is 1.15 bits per heavy atom. The van der Waals surface area contributed by atoms with Crippen LogP contribution in [0.25, 0.3) is 0 Å². The Morgan fingerprint density at radius 3 is 2.65 bits per heavy atom. The van der Waals surface area contributed by atoms with E-state index < -0.39 is 0 Å². The predicted molar refractivity (Wildman–Crippen MR) is 99.1 cm³/mol. The predicted octanol–water partition coefficient (Wildman–Crippen LogP) is 1.05. The van der Waals surface area contributed by atoms with Gasteiger partial charge in [0.15, 0.2) is 5.69 Å². The maximum absolute atomic E-state index is 12.7. The van der Waals surface area contributed by atoms with Crippen LogP contribution in [-0.4, -0.2) is 88.9 Å². The van der Waals surface area contributed by atoms with Gasteiger partial charge in [-0.1, -0.05) is 6.92 Å². The summed E-state index contributed by atoms with van der Waals surface area (Å²) in [4.78, 5) is 19.7. The van der Waals surface area contributed by atoms with Crippen molar-refractivity contribution in [1.29, 1.82) is 0 Å². The number of fused-ring (bicyclic) bond motifs is 1. The van der Waals surface area contributed by atoms with E-state index in [1.807, 2.05) is 15.6 Å². The zero-order chi connectivity index (χ0) is 17.9. The van der Waals surface area contributed by atoms with Crippen LogP contribution >= 0.6 is 0 Å². The Kier molecular flexibility index (Phi) is 5.57. The largest absolute Gasteiger partial charge is 0.378 e. The lowest BCUT2D eigenvalue weighted by atomic mass is 10.0. The molecule has 0 bridgehead atoms. The van der Waals surface area contributed by atoms with Gasteiger partial charge in [-0.15, -0.1) is 0 Å². The quantitative estimate of drug-likeness (QED) is 0.802. The van der Waals surface area contributed by atoms with Crippen molar-refractivity contribution in [3.63, 3.8) is 0 Å². The molecule has 0 atom stereocenters. The average molecular weight is 361 g/mol. The zero-order valence-corrected chi connectivity index (χ0v) is 15.9. The highest BCUT2D eigenvalue weighted by molar-refractivity contribution is 5.92. The molecule has 0 radical (unpaired) electrons. The normalized spacial score (nSPS) is 23.2. The Morgan fingerprint density at radius 2 is 1.92 bits per heavy atom. The van der Waals surface area contributed by atoms with E-state index in [2.05, 4.69) is 21.8 Å². The maximum Gasteiger partial charge on any atom is 0.274 e. The van der Waals surface area contributed by atoms with E-state index in [1.54, 1.807) is 0 Å². The van der Waals surface area contributed by atoms with Crippen LogP contribution in [0.1, 0.15) is 42.4 Å². The van der Waals surface area contributed by atoms with E-state index in [0.29, 0.717) is 38.0 Å². The Hall–Kier alpha value is -1.44. The molecule has 144 valence electrons. The number of aromatic nitrogens is 2. The molecule has 1 aromatic rings. The summed E-state index contributed by atoms with van der Waals surface area (Å²) in [5.41, 5.74) is 1.78. The van der Waals surface area contributed by atoms with Gasteiger partial charge in [-0.25, -0.2) is 0 Å². The number of hydrogen-bond acceptors (Lipinski definition) is 5. The van der Waals surface area contributed by atoms with Crippen LogP contribution in [-0.2, 0) is 17.8 Å². The number of carbonyl (C=O) groups excluding carboxylic acids is 1. The van der Waals surface area contributed by atoms with Gasteiger partial charge in [-0.05, 0) is 45.0 Å². The van der Waals surface area contributed by atoms with Crippen LogP contribution in [0.4, 0.5) is 0 Å². The highest BCUT2D eigenvalue weighted by Crippen LogP contribution is 2.23. The van der Waals surface area contributed by atoms with Gasteiger partial charge in [-0.3, -0.25) is 14.4 Å². The van der Waals surface area contributed by atoms with Crippen LogP contribution in [0, 0.1) is 0 Å². The monoisotopic (exact) mass is 361 g/mol. The number of carbonyl (C=O) groups is 1. The van der Waals surface area contributed by atoms with E-state index in [0.717, 1.165) is 19.6 Å². The molecular formula is C19H31N5O2. The average Bonchev–Trinajstić information content (AvgIpc) is 3.12. The molecule has 0 aromatic carbocycles. The first kappa shape index (κ1) is 17.9. The van der Waals surface area contributed by atoms with E-state index in [9.17, 15) is 4.79 Å². The minimum absolute atomic E-state index is 0.0506. The molecule has 1 aromatic heterocycles. The van der Waals surface area contributed by atoms with Gasteiger partial charge in [0.1, 0.15) is 0 Å². The number of nitrogens with zero attached hydrogens (tertiary/aromatic N) is 5. The van der Waals surface area contributed by atoms with Crippen molar-refractivity contribution in [2.75, 3.05) is 52.5 Å². The standard InChI is InChI=1S/C19H31N5O2/c1-2-5-21-6-3-16(4-7-21)23-8-9-24-17(15-23)14-18(20-24)19(25)22-10-12-26-13-11-22/h14,16H,2-13,15H2,1H3. The van der Waals surface area contributed by atoms with Gasteiger partial charge in [0, 0.05) is 32.2 Å². The minimum Gasteiger partial charge on any atom is -0.378 e. The number of likely N-dealkylation sites (tertiary alicyclic amines) is 1. The van der Waals surface area contributed by atoms with Crippen molar-refractivity contribution in [2.45, 2.75) is 45.3 Å². The third-order valence-corrected chi connectivity index (χ3v) is 5.96. The molecule has 0 saturated carbocycles. The Labute approximate surface area is 155 Å². The first-order valence-corrected chi connectivity index (χ1v) is 10.1. The van der Waals surface area contributed by atoms with Gasteiger partial charge in [0.05, 0.1) is 25.5 Å². The summed E-state index contributed by atoms with van der Waals surface area (Å²) >= 11 is 0. The fourth-order valence-corrected chi connectivity index (χ4v) is 4.46. The number of ether oxygens (including phenoxy) is 1. The lowest BCUT2D eigenvalue weighted by molar-refractivity contribution is 0.0298. The van der Waals surface area contributed by atoms with E-state index in [1.165, 1.54) is 44.6 Å². The lowest BCUT2D eigenvalue weighted by Gasteiger charge is -2.40. The number of hydrogen-bond donors (Lipinski definition) is 0. The lowest BCUT2D eigenvalue weighted by Crippen LogP contribution is -2.47. The van der Waals surface area contributed by atoms with Gasteiger partial charge in [0.25, 0.3) is 5.91 Å². The van der Waals surface area contributed by atoms with Crippen LogP contribution in [0.2, 0.25) is 0 Å². The zero-order valence-electron chi connectivity index (χ0n) is 15.9. The first-order chi connectivity index (χ1) is 12.7. The number of rotatable bonds is 4. The summed E-state index contributed by atoms with van der Waals surface area (Å²) in [5, 5.41) is 4.59. The van der Waals surface area contributed by atoms with Gasteiger partial charge >= 0.3 is 0 Å². The molecule has 1 amide bonds. The molecule has 3 aliphatic rings. The van der Waals surface area contributed by atoms with Gasteiger partial charge in [0.2, 0.25) is 0 Å². The highest BCUT2D eigenvalue weighted by atomic mass is 16.5. The molecule has 0 N–H and O–H groups in total. The summed E-state index contributed by atoms with van der Waals surface area (Å²) < 4.78 is 7.38. The smallest absolute Gasteiger partial charge is 0.274 e. The Bertz CT molecular complexity index is 617. The molecule has 26 heavy (non-hydrogen) atoms. The SMILES string of the molecule is CCCN1CCC(N2CCn3nc(C(=O)N4CCOCC4)cc3C2)CC1. The third kappa shape index (κ3) is 3.80. The first-order valence-electron chi connectivity index (χ1n) is 10.1. The number of morpholine rings is 1. The molecule has 2 saturated heterocycles. The third-order valence-electron chi connectivity index (χ3n) is 5.96. The molecule has 4 rings (SSSR count). The second kappa shape index (κ2) is 8.06. The molecule has 0 unspecified atom stereocenters. The summed E-state index contributed by atoms with van der Waals surface area (Å²) in [6, 6.07) is 2.68.